The number of benzene rings is 2. The van der Waals surface area contributed by atoms with Gasteiger partial charge in [0.1, 0.15) is 11.6 Å². The predicted molar refractivity (Wildman–Crippen MR) is 80.7 cm³/mol. The summed E-state index contributed by atoms with van der Waals surface area (Å²) in [5.74, 6) is -0.681. The zero-order chi connectivity index (χ0) is 15.0. The van der Waals surface area contributed by atoms with Crippen LogP contribution in [0, 0.1) is 11.6 Å². The van der Waals surface area contributed by atoms with Crippen molar-refractivity contribution in [1.29, 1.82) is 0 Å². The third-order valence-electron chi connectivity index (χ3n) is 4.24. The van der Waals surface area contributed by atoms with Gasteiger partial charge in [-0.05, 0) is 60.8 Å². The highest BCUT2D eigenvalue weighted by atomic mass is 35.5. The maximum Gasteiger partial charge on any atom is 0.142 e. The minimum atomic E-state index is -0.428. The zero-order valence-corrected chi connectivity index (χ0v) is 12.4. The van der Waals surface area contributed by atoms with E-state index in [1.54, 1.807) is 12.1 Å². The summed E-state index contributed by atoms with van der Waals surface area (Å²) in [4.78, 5) is 0. The predicted octanol–water partition coefficient (Wildman–Crippen LogP) is 4.80. The first-order valence-electron chi connectivity index (χ1n) is 7.01. The normalized spacial score (nSPS) is 21.1. The molecule has 2 unspecified atom stereocenters. The maximum atomic E-state index is 13.7. The van der Waals surface area contributed by atoms with Crippen molar-refractivity contribution in [3.05, 3.63) is 69.7 Å². The Balaban J connectivity index is 2.08. The SMILES string of the molecule is CNC1CCC(c2ccc(Cl)c(F)c2)c2cc(F)ccc21. The summed E-state index contributed by atoms with van der Waals surface area (Å²) in [7, 11) is 1.90. The van der Waals surface area contributed by atoms with Gasteiger partial charge in [-0.3, -0.25) is 0 Å². The summed E-state index contributed by atoms with van der Waals surface area (Å²) in [5, 5.41) is 3.37. The molecule has 4 heteroatoms. The molecular weight excluding hydrogens is 292 g/mol. The molecular formula is C17H16ClF2N. The minimum absolute atomic E-state index is 0.00654. The quantitative estimate of drug-likeness (QED) is 0.840. The van der Waals surface area contributed by atoms with Gasteiger partial charge in [-0.25, -0.2) is 8.78 Å². The molecule has 110 valence electrons. The van der Waals surface area contributed by atoms with E-state index in [-0.39, 0.29) is 22.8 Å². The zero-order valence-electron chi connectivity index (χ0n) is 11.7. The fourth-order valence-corrected chi connectivity index (χ4v) is 3.30. The van der Waals surface area contributed by atoms with E-state index in [0.29, 0.717) is 0 Å². The molecule has 21 heavy (non-hydrogen) atoms. The van der Waals surface area contributed by atoms with Gasteiger partial charge in [0.05, 0.1) is 5.02 Å². The summed E-state index contributed by atoms with van der Waals surface area (Å²) in [6, 6.07) is 9.93. The Morgan fingerprint density at radius 3 is 2.57 bits per heavy atom. The van der Waals surface area contributed by atoms with Crippen molar-refractivity contribution in [2.45, 2.75) is 24.8 Å². The lowest BCUT2D eigenvalue weighted by Gasteiger charge is -2.32. The topological polar surface area (TPSA) is 12.0 Å². The van der Waals surface area contributed by atoms with Crippen molar-refractivity contribution < 1.29 is 8.78 Å². The Morgan fingerprint density at radius 1 is 1.05 bits per heavy atom. The second-order valence-electron chi connectivity index (χ2n) is 5.42. The van der Waals surface area contributed by atoms with Crippen molar-refractivity contribution >= 4 is 11.6 Å². The van der Waals surface area contributed by atoms with Crippen LogP contribution in [0.25, 0.3) is 0 Å². The summed E-state index contributed by atoms with van der Waals surface area (Å²) in [6.07, 6.45) is 1.78. The molecule has 0 aliphatic heterocycles. The summed E-state index contributed by atoms with van der Waals surface area (Å²) in [5.41, 5.74) is 2.87. The van der Waals surface area contributed by atoms with E-state index in [2.05, 4.69) is 5.32 Å². The number of hydrogen-bond acceptors (Lipinski definition) is 1. The molecule has 0 saturated carbocycles. The smallest absolute Gasteiger partial charge is 0.142 e. The summed E-state index contributed by atoms with van der Waals surface area (Å²) in [6.45, 7) is 0. The summed E-state index contributed by atoms with van der Waals surface area (Å²) < 4.78 is 27.4. The lowest BCUT2D eigenvalue weighted by atomic mass is 9.76. The lowest BCUT2D eigenvalue weighted by molar-refractivity contribution is 0.466. The van der Waals surface area contributed by atoms with Crippen LogP contribution in [0.1, 0.15) is 41.5 Å². The van der Waals surface area contributed by atoms with Gasteiger partial charge >= 0.3 is 0 Å². The van der Waals surface area contributed by atoms with Crippen LogP contribution in [0.2, 0.25) is 5.02 Å². The van der Waals surface area contributed by atoms with Crippen LogP contribution < -0.4 is 5.32 Å². The van der Waals surface area contributed by atoms with Crippen molar-refractivity contribution in [2.24, 2.45) is 0 Å². The fourth-order valence-electron chi connectivity index (χ4n) is 3.18. The molecule has 1 aliphatic carbocycles. The molecule has 2 aromatic carbocycles. The number of fused-ring (bicyclic) bond motifs is 1. The molecule has 0 heterocycles. The van der Waals surface area contributed by atoms with Crippen LogP contribution in [-0.4, -0.2) is 7.05 Å². The monoisotopic (exact) mass is 307 g/mol. The van der Waals surface area contributed by atoms with E-state index in [1.807, 2.05) is 19.2 Å². The standard InChI is InChI=1S/C17H16ClF2N/c1-21-17-7-5-12(10-2-6-15(18)16(20)8-10)14-9-11(19)3-4-13(14)17/h2-4,6,8-9,12,17,21H,5,7H2,1H3. The van der Waals surface area contributed by atoms with Crippen LogP contribution in [0.3, 0.4) is 0 Å². The van der Waals surface area contributed by atoms with Gasteiger partial charge in [-0.1, -0.05) is 23.7 Å². The van der Waals surface area contributed by atoms with Crippen LogP contribution in [-0.2, 0) is 0 Å². The maximum absolute atomic E-state index is 13.7. The third-order valence-corrected chi connectivity index (χ3v) is 4.54. The first-order valence-corrected chi connectivity index (χ1v) is 7.39. The molecule has 0 amide bonds. The van der Waals surface area contributed by atoms with Gasteiger partial charge < -0.3 is 5.32 Å². The molecule has 2 aromatic rings. The number of rotatable bonds is 2. The molecule has 1 aliphatic rings. The number of hydrogen-bond donors (Lipinski definition) is 1. The van der Waals surface area contributed by atoms with Gasteiger partial charge in [0.25, 0.3) is 0 Å². The Labute approximate surface area is 127 Å². The second-order valence-corrected chi connectivity index (χ2v) is 5.83. The van der Waals surface area contributed by atoms with Crippen LogP contribution in [0.5, 0.6) is 0 Å². The lowest BCUT2D eigenvalue weighted by Crippen LogP contribution is -2.24. The first-order chi connectivity index (χ1) is 10.1. The number of halogens is 3. The van der Waals surface area contributed by atoms with E-state index in [1.165, 1.54) is 12.1 Å². The average molecular weight is 308 g/mol. The molecule has 0 bridgehead atoms. The molecule has 3 rings (SSSR count). The second kappa shape index (κ2) is 5.74. The molecule has 0 aromatic heterocycles. The van der Waals surface area contributed by atoms with Gasteiger partial charge in [-0.2, -0.15) is 0 Å². The molecule has 0 radical (unpaired) electrons. The Bertz CT molecular complexity index is 672. The molecule has 0 fully saturated rings. The fraction of sp³-hybridized carbons (Fsp3) is 0.294. The molecule has 0 spiro atoms. The molecule has 1 nitrogen and oxygen atoms in total. The number of nitrogens with one attached hydrogen (secondary N) is 1. The Kier molecular flexibility index (Phi) is 3.96. The molecule has 2 atom stereocenters. The van der Waals surface area contributed by atoms with Crippen molar-refractivity contribution in [1.82, 2.24) is 5.32 Å². The van der Waals surface area contributed by atoms with Crippen LogP contribution in [0.4, 0.5) is 8.78 Å². The third kappa shape index (κ3) is 2.68. The Hall–Kier alpha value is -1.45. The van der Waals surface area contributed by atoms with Crippen molar-refractivity contribution in [2.75, 3.05) is 7.05 Å². The largest absolute Gasteiger partial charge is 0.313 e. The van der Waals surface area contributed by atoms with Gasteiger partial charge in [0.2, 0.25) is 0 Å². The molecule has 0 saturated heterocycles. The van der Waals surface area contributed by atoms with Crippen molar-refractivity contribution in [3.63, 3.8) is 0 Å². The summed E-state index contributed by atoms with van der Waals surface area (Å²) >= 11 is 5.75. The molecule has 1 N–H and O–H groups in total. The van der Waals surface area contributed by atoms with Crippen LogP contribution in [0.15, 0.2) is 36.4 Å². The van der Waals surface area contributed by atoms with E-state index in [9.17, 15) is 8.78 Å². The van der Waals surface area contributed by atoms with Gasteiger partial charge in [0, 0.05) is 12.0 Å². The van der Waals surface area contributed by atoms with E-state index >= 15 is 0 Å². The highest BCUT2D eigenvalue weighted by molar-refractivity contribution is 6.30. The average Bonchev–Trinajstić information content (AvgIpc) is 2.49. The van der Waals surface area contributed by atoms with Gasteiger partial charge in [0.15, 0.2) is 0 Å². The van der Waals surface area contributed by atoms with Crippen molar-refractivity contribution in [3.8, 4) is 0 Å². The van der Waals surface area contributed by atoms with E-state index < -0.39 is 5.82 Å². The van der Waals surface area contributed by atoms with E-state index in [0.717, 1.165) is 29.5 Å². The Morgan fingerprint density at radius 2 is 1.86 bits per heavy atom. The van der Waals surface area contributed by atoms with E-state index in [4.69, 9.17) is 11.6 Å². The highest BCUT2D eigenvalue weighted by Crippen LogP contribution is 2.41. The highest BCUT2D eigenvalue weighted by Gasteiger charge is 2.28. The first kappa shape index (κ1) is 14.5. The minimum Gasteiger partial charge on any atom is -0.313 e. The van der Waals surface area contributed by atoms with Crippen LogP contribution >= 0.6 is 11.6 Å². The van der Waals surface area contributed by atoms with Gasteiger partial charge in [-0.15, -0.1) is 0 Å².